The number of carbonyl (C=O) groups excluding carboxylic acids is 1. The van der Waals surface area contributed by atoms with E-state index in [-0.39, 0.29) is 0 Å². The van der Waals surface area contributed by atoms with Crippen molar-refractivity contribution in [3.05, 3.63) is 0 Å². The topological polar surface area (TPSA) is 87.7 Å². The molecule has 0 saturated carbocycles. The summed E-state index contributed by atoms with van der Waals surface area (Å²) in [5.41, 5.74) is 0. The van der Waals surface area contributed by atoms with Gasteiger partial charge in [0.05, 0.1) is 0 Å². The van der Waals surface area contributed by atoms with E-state index >= 15 is 0 Å². The summed E-state index contributed by atoms with van der Waals surface area (Å²) < 4.78 is 4.85. The Kier molecular flexibility index (Phi) is 10.0. The average molecular weight is 260 g/mol. The fourth-order valence-corrected chi connectivity index (χ4v) is 1.48. The third-order valence-corrected chi connectivity index (χ3v) is 2.51. The van der Waals surface area contributed by atoms with Crippen molar-refractivity contribution in [3.63, 3.8) is 0 Å². The van der Waals surface area contributed by atoms with E-state index in [9.17, 15) is 9.59 Å². The van der Waals surface area contributed by atoms with E-state index in [0.29, 0.717) is 26.0 Å². The monoisotopic (exact) mass is 260 g/mol. The van der Waals surface area contributed by atoms with Gasteiger partial charge in [-0.05, 0) is 19.3 Å². The van der Waals surface area contributed by atoms with Gasteiger partial charge in [-0.25, -0.2) is 9.59 Å². The first-order valence-corrected chi connectivity index (χ1v) is 6.38. The highest BCUT2D eigenvalue weighted by Crippen LogP contribution is 1.98. The number of methoxy groups -OCH3 is 1. The molecule has 3 N–H and O–H groups in total. The summed E-state index contributed by atoms with van der Waals surface area (Å²) in [5.74, 6) is -1.02. The molecule has 0 bridgehead atoms. The van der Waals surface area contributed by atoms with E-state index in [2.05, 4.69) is 17.6 Å². The highest BCUT2D eigenvalue weighted by molar-refractivity contribution is 5.82. The van der Waals surface area contributed by atoms with Crippen LogP contribution in [0.3, 0.4) is 0 Å². The molecule has 0 aliphatic heterocycles. The molecule has 6 heteroatoms. The van der Waals surface area contributed by atoms with E-state index in [0.717, 1.165) is 19.3 Å². The fraction of sp³-hybridized carbons (Fsp3) is 0.833. The lowest BCUT2D eigenvalue weighted by atomic mass is 10.1. The Balaban J connectivity index is 3.85. The number of ether oxygens (including phenoxy) is 1. The number of hydrogen-bond donors (Lipinski definition) is 3. The van der Waals surface area contributed by atoms with Crippen LogP contribution in [-0.2, 0) is 9.53 Å². The fourth-order valence-electron chi connectivity index (χ4n) is 1.48. The first-order chi connectivity index (χ1) is 8.61. The van der Waals surface area contributed by atoms with Crippen LogP contribution in [0.4, 0.5) is 4.79 Å². The molecule has 0 spiro atoms. The molecule has 1 unspecified atom stereocenters. The molecule has 0 aromatic carbocycles. The number of amides is 2. The van der Waals surface area contributed by atoms with Crippen LogP contribution < -0.4 is 10.6 Å². The molecule has 0 rings (SSSR count). The van der Waals surface area contributed by atoms with Crippen molar-refractivity contribution in [1.82, 2.24) is 10.6 Å². The summed E-state index contributed by atoms with van der Waals surface area (Å²) in [6.45, 7) is 3.14. The smallest absolute Gasteiger partial charge is 0.326 e. The number of aliphatic carboxylic acids is 1. The van der Waals surface area contributed by atoms with Gasteiger partial charge < -0.3 is 20.5 Å². The summed E-state index contributed by atoms with van der Waals surface area (Å²) in [7, 11) is 1.56. The van der Waals surface area contributed by atoms with E-state index in [1.807, 2.05) is 0 Å². The Morgan fingerprint density at radius 1 is 1.28 bits per heavy atom. The maximum Gasteiger partial charge on any atom is 0.326 e. The molecule has 0 fully saturated rings. The third-order valence-electron chi connectivity index (χ3n) is 2.51. The number of urea groups is 1. The van der Waals surface area contributed by atoms with Crippen LogP contribution in [0.1, 0.15) is 39.0 Å². The van der Waals surface area contributed by atoms with Gasteiger partial charge in [-0.15, -0.1) is 0 Å². The minimum absolute atomic E-state index is 0.367. The van der Waals surface area contributed by atoms with Gasteiger partial charge in [0.25, 0.3) is 0 Å². The normalized spacial score (nSPS) is 11.9. The van der Waals surface area contributed by atoms with Crippen molar-refractivity contribution in [2.75, 3.05) is 20.3 Å². The molecule has 0 aromatic rings. The molecule has 0 aliphatic rings. The lowest BCUT2D eigenvalue weighted by molar-refractivity contribution is -0.139. The maximum absolute atomic E-state index is 11.4. The minimum atomic E-state index is -1.02. The van der Waals surface area contributed by atoms with Crippen LogP contribution in [0.2, 0.25) is 0 Å². The van der Waals surface area contributed by atoms with E-state index < -0.39 is 18.0 Å². The molecule has 6 nitrogen and oxygen atoms in total. The summed E-state index contributed by atoms with van der Waals surface area (Å²) >= 11 is 0. The van der Waals surface area contributed by atoms with Crippen molar-refractivity contribution in [3.8, 4) is 0 Å². The van der Waals surface area contributed by atoms with Gasteiger partial charge in [-0.2, -0.15) is 0 Å². The quantitative estimate of drug-likeness (QED) is 0.517. The predicted molar refractivity (Wildman–Crippen MR) is 68.6 cm³/mol. The Morgan fingerprint density at radius 2 is 2.00 bits per heavy atom. The van der Waals surface area contributed by atoms with Crippen molar-refractivity contribution in [2.45, 2.75) is 45.1 Å². The highest BCUT2D eigenvalue weighted by Gasteiger charge is 2.18. The summed E-state index contributed by atoms with van der Waals surface area (Å²) in [5, 5.41) is 14.0. The molecule has 0 radical (unpaired) electrons. The van der Waals surface area contributed by atoms with Crippen molar-refractivity contribution < 1.29 is 19.4 Å². The maximum atomic E-state index is 11.4. The number of unbranched alkanes of at least 4 members (excludes halogenated alkanes) is 2. The number of rotatable bonds is 10. The second-order valence-corrected chi connectivity index (χ2v) is 4.13. The predicted octanol–water partition coefficient (Wildman–Crippen LogP) is 1.36. The van der Waals surface area contributed by atoms with Crippen LogP contribution in [0.25, 0.3) is 0 Å². The number of carbonyl (C=O) groups is 2. The van der Waals surface area contributed by atoms with E-state index in [4.69, 9.17) is 9.84 Å². The largest absolute Gasteiger partial charge is 0.480 e. The van der Waals surface area contributed by atoms with Crippen molar-refractivity contribution >= 4 is 12.0 Å². The van der Waals surface area contributed by atoms with Gasteiger partial charge in [0.15, 0.2) is 0 Å². The molecule has 0 aromatic heterocycles. The lowest BCUT2D eigenvalue weighted by Crippen LogP contribution is -2.46. The molecule has 0 saturated heterocycles. The van der Waals surface area contributed by atoms with Crippen molar-refractivity contribution in [1.29, 1.82) is 0 Å². The molecule has 1 atom stereocenters. The van der Waals surface area contributed by atoms with Crippen LogP contribution in [0, 0.1) is 0 Å². The van der Waals surface area contributed by atoms with Gasteiger partial charge >= 0.3 is 12.0 Å². The zero-order valence-corrected chi connectivity index (χ0v) is 11.2. The van der Waals surface area contributed by atoms with Crippen molar-refractivity contribution in [2.24, 2.45) is 0 Å². The first-order valence-electron chi connectivity index (χ1n) is 6.38. The van der Waals surface area contributed by atoms with Crippen LogP contribution in [-0.4, -0.2) is 43.4 Å². The van der Waals surface area contributed by atoms with Gasteiger partial charge in [0.1, 0.15) is 6.04 Å². The summed E-state index contributed by atoms with van der Waals surface area (Å²) in [6.07, 6.45) is 4.01. The van der Waals surface area contributed by atoms with Gasteiger partial charge in [-0.3, -0.25) is 0 Å². The Labute approximate surface area is 108 Å². The van der Waals surface area contributed by atoms with Gasteiger partial charge in [0, 0.05) is 20.3 Å². The third kappa shape index (κ3) is 8.81. The second kappa shape index (κ2) is 10.8. The van der Waals surface area contributed by atoms with Gasteiger partial charge in [-0.1, -0.05) is 19.8 Å². The highest BCUT2D eigenvalue weighted by atomic mass is 16.5. The molecule has 0 aliphatic carbocycles. The molecule has 18 heavy (non-hydrogen) atoms. The van der Waals surface area contributed by atoms with Gasteiger partial charge in [0.2, 0.25) is 0 Å². The summed E-state index contributed by atoms with van der Waals surface area (Å²) in [6, 6.07) is -1.28. The first kappa shape index (κ1) is 16.7. The number of hydrogen-bond acceptors (Lipinski definition) is 3. The minimum Gasteiger partial charge on any atom is -0.480 e. The average Bonchev–Trinajstić information content (AvgIpc) is 2.33. The zero-order chi connectivity index (χ0) is 13.8. The standard InChI is InChI=1S/C12H24N2O4/c1-3-4-5-8-13-12(17)14-10(11(15)16)7-6-9-18-2/h10H,3-9H2,1-2H3,(H,15,16)(H2,13,14,17). The molecular formula is C12H24N2O4. The van der Waals surface area contributed by atoms with Crippen LogP contribution in [0.15, 0.2) is 0 Å². The van der Waals surface area contributed by atoms with E-state index in [1.54, 1.807) is 7.11 Å². The molecule has 0 heterocycles. The number of nitrogens with one attached hydrogen (secondary N) is 2. The Hall–Kier alpha value is -1.30. The molecule has 2 amide bonds. The Morgan fingerprint density at radius 3 is 2.56 bits per heavy atom. The number of carboxylic acid groups (broad SMARTS) is 1. The Bertz CT molecular complexity index is 246. The SMILES string of the molecule is CCCCCNC(=O)NC(CCCOC)C(=O)O. The lowest BCUT2D eigenvalue weighted by Gasteiger charge is -2.14. The number of carboxylic acids is 1. The summed E-state index contributed by atoms with van der Waals surface area (Å²) in [4.78, 5) is 22.4. The molecule has 106 valence electrons. The van der Waals surface area contributed by atoms with Crippen LogP contribution >= 0.6 is 0 Å². The van der Waals surface area contributed by atoms with E-state index in [1.165, 1.54) is 0 Å². The van der Waals surface area contributed by atoms with Crippen LogP contribution in [0.5, 0.6) is 0 Å². The second-order valence-electron chi connectivity index (χ2n) is 4.13. The molecular weight excluding hydrogens is 236 g/mol. The zero-order valence-electron chi connectivity index (χ0n) is 11.2.